The number of anilines is 6. The van der Waals surface area contributed by atoms with Gasteiger partial charge in [-0.2, -0.15) is 10.5 Å². The second-order valence-corrected chi connectivity index (χ2v) is 19.0. The van der Waals surface area contributed by atoms with Crippen molar-refractivity contribution in [3.8, 4) is 23.5 Å². The first-order valence-corrected chi connectivity index (χ1v) is 25.2. The van der Waals surface area contributed by atoms with Crippen molar-refractivity contribution in [2.75, 3.05) is 9.80 Å². The van der Waals surface area contributed by atoms with Crippen molar-refractivity contribution < 1.29 is 8.83 Å². The van der Waals surface area contributed by atoms with Gasteiger partial charge in [-0.25, -0.2) is 0 Å². The van der Waals surface area contributed by atoms with Crippen LogP contribution >= 0.6 is 0 Å². The SMILES string of the molecule is N#Cc1ccc(-n2c3ccc(N(c4ccccc4)c4ccccc4)cc3c3c4oc5ccccc5c4ccc32)c(-n2c3ccc(N(c4ccccc4)c4ccccc4)cc3c3c4oc5ccccc5c4ccc32)c1C#N. The van der Waals surface area contributed by atoms with Crippen LogP contribution < -0.4 is 9.80 Å². The van der Waals surface area contributed by atoms with E-state index in [2.05, 4.69) is 201 Å². The molecule has 8 nitrogen and oxygen atoms in total. The Morgan fingerprint density at radius 2 is 0.737 bits per heavy atom. The van der Waals surface area contributed by atoms with Crippen LogP contribution in [-0.2, 0) is 0 Å². The smallest absolute Gasteiger partial charge is 0.145 e. The number of nitrogens with zero attached hydrogens (tertiary/aromatic N) is 6. The number of hydrogen-bond donors (Lipinski definition) is 0. The minimum Gasteiger partial charge on any atom is -0.455 e. The predicted molar refractivity (Wildman–Crippen MR) is 308 cm³/mol. The quantitative estimate of drug-likeness (QED) is 0.151. The molecule has 8 heteroatoms. The van der Waals surface area contributed by atoms with Crippen LogP contribution in [0.4, 0.5) is 34.1 Å². The molecule has 76 heavy (non-hydrogen) atoms. The first kappa shape index (κ1) is 42.8. The van der Waals surface area contributed by atoms with E-state index in [-0.39, 0.29) is 11.1 Å². The van der Waals surface area contributed by atoms with E-state index in [1.54, 1.807) is 6.07 Å². The molecule has 0 aliphatic rings. The van der Waals surface area contributed by atoms with E-state index in [9.17, 15) is 10.5 Å². The Hall–Kier alpha value is -10.8. The highest BCUT2D eigenvalue weighted by molar-refractivity contribution is 6.26. The summed E-state index contributed by atoms with van der Waals surface area (Å²) in [5, 5.41) is 30.1. The Kier molecular flexibility index (Phi) is 9.52. The first-order valence-electron chi connectivity index (χ1n) is 25.2. The molecule has 15 rings (SSSR count). The Labute approximate surface area is 435 Å². The van der Waals surface area contributed by atoms with Crippen molar-refractivity contribution in [3.63, 3.8) is 0 Å². The molecule has 0 aliphatic heterocycles. The number of benzene rings is 11. The largest absolute Gasteiger partial charge is 0.455 e. The second kappa shape index (κ2) is 16.9. The summed E-state index contributed by atoms with van der Waals surface area (Å²) in [5.74, 6) is 0. The summed E-state index contributed by atoms with van der Waals surface area (Å²) >= 11 is 0. The fraction of sp³-hybridized carbons (Fsp3) is 0. The van der Waals surface area contributed by atoms with Crippen LogP contribution in [0.2, 0.25) is 0 Å². The summed E-state index contributed by atoms with van der Waals surface area (Å²) in [6, 6.07) is 88.2. The molecule has 0 aliphatic carbocycles. The average molecular weight is 973 g/mol. The van der Waals surface area contributed by atoms with E-state index in [0.29, 0.717) is 11.4 Å². The maximum Gasteiger partial charge on any atom is 0.145 e. The monoisotopic (exact) mass is 972 g/mol. The van der Waals surface area contributed by atoms with Crippen LogP contribution in [0, 0.1) is 22.7 Å². The highest BCUT2D eigenvalue weighted by Gasteiger charge is 2.28. The minimum absolute atomic E-state index is 0.249. The summed E-state index contributed by atoms with van der Waals surface area (Å²) in [5.41, 5.74) is 14.2. The van der Waals surface area contributed by atoms with Gasteiger partial charge in [-0.1, -0.05) is 109 Å². The number of fused-ring (bicyclic) bond motifs is 14. The number of para-hydroxylation sites is 6. The molecule has 11 aromatic carbocycles. The second-order valence-electron chi connectivity index (χ2n) is 19.0. The molecule has 15 aromatic rings. The van der Waals surface area contributed by atoms with Crippen molar-refractivity contribution >= 4 is 122 Å². The highest BCUT2D eigenvalue weighted by atomic mass is 16.3. The molecule has 0 saturated heterocycles. The zero-order valence-corrected chi connectivity index (χ0v) is 40.6. The molecule has 0 bridgehead atoms. The number of nitriles is 2. The zero-order chi connectivity index (χ0) is 50.4. The number of hydrogen-bond acceptors (Lipinski definition) is 6. The van der Waals surface area contributed by atoms with E-state index >= 15 is 0 Å². The fourth-order valence-electron chi connectivity index (χ4n) is 11.7. The van der Waals surface area contributed by atoms with Crippen LogP contribution in [0.15, 0.2) is 251 Å². The maximum atomic E-state index is 11.5. The number of rotatable bonds is 8. The lowest BCUT2D eigenvalue weighted by molar-refractivity contribution is 0.672. The predicted octanol–water partition coefficient (Wildman–Crippen LogP) is 18.4. The molecule has 0 atom stereocenters. The molecular weight excluding hydrogens is 933 g/mol. The molecule has 0 amide bonds. The summed E-state index contributed by atoms with van der Waals surface area (Å²) in [6.45, 7) is 0. The van der Waals surface area contributed by atoms with Gasteiger partial charge in [0, 0.05) is 66.4 Å². The molecule has 0 saturated carbocycles. The third-order valence-electron chi connectivity index (χ3n) is 14.9. The summed E-state index contributed by atoms with van der Waals surface area (Å²) in [6.07, 6.45) is 0. The average Bonchev–Trinajstić information content (AvgIpc) is 4.42. The normalized spacial score (nSPS) is 11.7. The molecule has 0 N–H and O–H groups in total. The van der Waals surface area contributed by atoms with Crippen molar-refractivity contribution in [2.45, 2.75) is 0 Å². The van der Waals surface area contributed by atoms with Gasteiger partial charge in [0.05, 0.1) is 55.3 Å². The van der Waals surface area contributed by atoms with Crippen LogP contribution in [0.25, 0.3) is 98.9 Å². The minimum atomic E-state index is 0.249. The van der Waals surface area contributed by atoms with Gasteiger partial charge >= 0.3 is 0 Å². The molecule has 0 spiro atoms. The Morgan fingerprint density at radius 1 is 0.329 bits per heavy atom. The molecule has 0 fully saturated rings. The van der Waals surface area contributed by atoms with Gasteiger partial charge in [0.1, 0.15) is 34.5 Å². The highest BCUT2D eigenvalue weighted by Crippen LogP contribution is 2.48. The summed E-state index contributed by atoms with van der Waals surface area (Å²) in [4.78, 5) is 4.52. The van der Waals surface area contributed by atoms with Gasteiger partial charge in [0.25, 0.3) is 0 Å². The lowest BCUT2D eigenvalue weighted by atomic mass is 10.0. The Bertz CT molecular complexity index is 4820. The molecule has 0 unspecified atom stereocenters. The molecule has 4 aromatic heterocycles. The summed E-state index contributed by atoms with van der Waals surface area (Å²) < 4.78 is 18.2. The van der Waals surface area contributed by atoms with Gasteiger partial charge in [-0.15, -0.1) is 0 Å². The van der Waals surface area contributed by atoms with Gasteiger partial charge in [0.15, 0.2) is 0 Å². The van der Waals surface area contributed by atoms with Gasteiger partial charge in [-0.05, 0) is 133 Å². The lowest BCUT2D eigenvalue weighted by Crippen LogP contribution is -2.10. The van der Waals surface area contributed by atoms with Crippen LogP contribution in [0.5, 0.6) is 0 Å². The number of furan rings is 2. The maximum absolute atomic E-state index is 11.5. The van der Waals surface area contributed by atoms with E-state index < -0.39 is 0 Å². The molecule has 4 heterocycles. The van der Waals surface area contributed by atoms with Gasteiger partial charge in [-0.3, -0.25) is 0 Å². The molecular formula is C68H40N6O2. The van der Waals surface area contributed by atoms with E-state index in [0.717, 1.165) is 122 Å². The third-order valence-corrected chi connectivity index (χ3v) is 14.9. The Morgan fingerprint density at radius 3 is 1.18 bits per heavy atom. The van der Waals surface area contributed by atoms with Crippen LogP contribution in [-0.4, -0.2) is 9.13 Å². The topological polar surface area (TPSA) is 90.2 Å². The van der Waals surface area contributed by atoms with Gasteiger partial charge < -0.3 is 27.8 Å². The van der Waals surface area contributed by atoms with Gasteiger partial charge in [0.2, 0.25) is 0 Å². The number of aromatic nitrogens is 2. The molecule has 354 valence electrons. The van der Waals surface area contributed by atoms with Crippen molar-refractivity contribution in [1.29, 1.82) is 10.5 Å². The van der Waals surface area contributed by atoms with Crippen molar-refractivity contribution in [1.82, 2.24) is 9.13 Å². The zero-order valence-electron chi connectivity index (χ0n) is 40.6. The van der Waals surface area contributed by atoms with E-state index in [1.165, 1.54) is 0 Å². The lowest BCUT2D eigenvalue weighted by Gasteiger charge is -2.25. The van der Waals surface area contributed by atoms with Crippen molar-refractivity contribution in [3.05, 3.63) is 254 Å². The van der Waals surface area contributed by atoms with Crippen LogP contribution in [0.1, 0.15) is 11.1 Å². The summed E-state index contributed by atoms with van der Waals surface area (Å²) in [7, 11) is 0. The molecule has 0 radical (unpaired) electrons. The first-order chi connectivity index (χ1) is 37.6. The van der Waals surface area contributed by atoms with Crippen LogP contribution in [0.3, 0.4) is 0 Å². The standard InChI is InChI=1S/C68H40N6O2/c69-41-43-29-34-61(73-57-35-30-48(71(44-17-5-1-6-18-44)45-19-7-2-8-20-45)39-54(57)64-59(73)37-32-52-50-25-13-15-27-62(50)75-67(52)64)66(56(43)42-70)74-58-36-31-49(72(46-21-9-3-10-22-46)47-23-11-4-12-24-47)40-55(58)65-60(74)38-33-53-51-26-14-16-28-63(51)76-68(53)65/h1-40H. The fourth-order valence-corrected chi connectivity index (χ4v) is 11.7. The van der Waals surface area contributed by atoms with E-state index in [1.807, 2.05) is 66.7 Å². The van der Waals surface area contributed by atoms with Crippen molar-refractivity contribution in [2.24, 2.45) is 0 Å². The third kappa shape index (κ3) is 6.35. The van der Waals surface area contributed by atoms with E-state index in [4.69, 9.17) is 8.83 Å². The Balaban J connectivity index is 1.07.